The zero-order valence-electron chi connectivity index (χ0n) is 17.6. The van der Waals surface area contributed by atoms with E-state index in [2.05, 4.69) is 39.5 Å². The van der Waals surface area contributed by atoms with E-state index in [0.717, 1.165) is 44.7 Å². The predicted octanol–water partition coefficient (Wildman–Crippen LogP) is 5.65. The van der Waals surface area contributed by atoms with E-state index < -0.39 is 0 Å². The minimum atomic E-state index is -0.131. The Kier molecular flexibility index (Phi) is 6.19. The van der Waals surface area contributed by atoms with Crippen molar-refractivity contribution in [3.8, 4) is 0 Å². The first-order chi connectivity index (χ1) is 15.0. The van der Waals surface area contributed by atoms with Gasteiger partial charge < -0.3 is 4.57 Å². The van der Waals surface area contributed by atoms with Gasteiger partial charge in [0.05, 0.1) is 12.6 Å². The third-order valence-electron chi connectivity index (χ3n) is 5.33. The summed E-state index contributed by atoms with van der Waals surface area (Å²) < 4.78 is 2.18. The third kappa shape index (κ3) is 5.04. The minimum absolute atomic E-state index is 0.131. The molecule has 0 spiro atoms. The van der Waals surface area contributed by atoms with Crippen molar-refractivity contribution >= 4 is 34.6 Å². The molecule has 1 heterocycles. The first kappa shape index (κ1) is 20.9. The SMILES string of the molecule is Cc1ccc(CC(=O)N/N=C/c2cn(Cc3ccc(Cl)cc3)c3ccccc23)c(C)c1. The second-order valence-corrected chi connectivity index (χ2v) is 8.19. The lowest BCUT2D eigenvalue weighted by molar-refractivity contribution is -0.120. The van der Waals surface area contributed by atoms with Crippen molar-refractivity contribution in [1.29, 1.82) is 0 Å². The quantitative estimate of drug-likeness (QED) is 0.312. The molecule has 1 amide bonds. The first-order valence-electron chi connectivity index (χ1n) is 10.2. The van der Waals surface area contributed by atoms with E-state index in [1.54, 1.807) is 6.21 Å². The molecule has 0 unspecified atom stereocenters. The highest BCUT2D eigenvalue weighted by Gasteiger charge is 2.08. The van der Waals surface area contributed by atoms with Crippen molar-refractivity contribution in [2.24, 2.45) is 5.10 Å². The van der Waals surface area contributed by atoms with Crippen LogP contribution in [0.2, 0.25) is 5.02 Å². The smallest absolute Gasteiger partial charge is 0.244 e. The maximum atomic E-state index is 12.3. The highest BCUT2D eigenvalue weighted by molar-refractivity contribution is 6.30. The summed E-state index contributed by atoms with van der Waals surface area (Å²) in [6, 6.07) is 22.1. The van der Waals surface area contributed by atoms with Crippen molar-refractivity contribution in [2.75, 3.05) is 0 Å². The van der Waals surface area contributed by atoms with Gasteiger partial charge >= 0.3 is 0 Å². The Morgan fingerprint density at radius 1 is 1.06 bits per heavy atom. The summed E-state index contributed by atoms with van der Waals surface area (Å²) >= 11 is 6.00. The lowest BCUT2D eigenvalue weighted by atomic mass is 10.0. The van der Waals surface area contributed by atoms with Crippen LogP contribution in [0.1, 0.15) is 27.8 Å². The van der Waals surface area contributed by atoms with Gasteiger partial charge in [0.25, 0.3) is 0 Å². The topological polar surface area (TPSA) is 46.4 Å². The molecule has 31 heavy (non-hydrogen) atoms. The monoisotopic (exact) mass is 429 g/mol. The van der Waals surface area contributed by atoms with Crippen molar-refractivity contribution in [3.63, 3.8) is 0 Å². The molecule has 0 aliphatic rings. The Morgan fingerprint density at radius 3 is 2.61 bits per heavy atom. The molecule has 156 valence electrons. The number of para-hydroxylation sites is 1. The Balaban J connectivity index is 1.49. The predicted molar refractivity (Wildman–Crippen MR) is 128 cm³/mol. The van der Waals surface area contributed by atoms with Crippen LogP contribution in [0.25, 0.3) is 10.9 Å². The van der Waals surface area contributed by atoms with Crippen LogP contribution in [0, 0.1) is 13.8 Å². The molecule has 0 radical (unpaired) electrons. The molecule has 0 saturated heterocycles. The number of carbonyl (C=O) groups is 1. The van der Waals surface area contributed by atoms with Crippen molar-refractivity contribution < 1.29 is 4.79 Å². The fourth-order valence-electron chi connectivity index (χ4n) is 3.73. The van der Waals surface area contributed by atoms with Crippen LogP contribution >= 0.6 is 11.6 Å². The van der Waals surface area contributed by atoms with Crippen LogP contribution in [-0.4, -0.2) is 16.7 Å². The standard InChI is InChI=1S/C26H24ClN3O/c1-18-7-10-21(19(2)13-18)14-26(31)29-28-15-22-17-30(25-6-4-3-5-24(22)25)16-20-8-11-23(27)12-9-20/h3-13,15,17H,14,16H2,1-2H3,(H,29,31)/b28-15+. The molecule has 0 saturated carbocycles. The van der Waals surface area contributed by atoms with Gasteiger partial charge in [0.15, 0.2) is 0 Å². The van der Waals surface area contributed by atoms with E-state index in [1.165, 1.54) is 5.56 Å². The molecule has 0 fully saturated rings. The number of nitrogens with zero attached hydrogens (tertiary/aromatic N) is 2. The van der Waals surface area contributed by atoms with E-state index in [1.807, 2.05) is 62.4 Å². The van der Waals surface area contributed by atoms with Gasteiger partial charge in [-0.3, -0.25) is 4.79 Å². The average Bonchev–Trinajstić information content (AvgIpc) is 3.09. The molecular formula is C26H24ClN3O. The maximum Gasteiger partial charge on any atom is 0.244 e. The average molecular weight is 430 g/mol. The number of amides is 1. The molecule has 3 aromatic carbocycles. The largest absolute Gasteiger partial charge is 0.342 e. The van der Waals surface area contributed by atoms with Gasteiger partial charge in [-0.25, -0.2) is 5.43 Å². The number of aromatic nitrogens is 1. The fourth-order valence-corrected chi connectivity index (χ4v) is 3.85. The van der Waals surface area contributed by atoms with Gasteiger partial charge in [0, 0.05) is 34.2 Å². The fraction of sp³-hybridized carbons (Fsp3) is 0.154. The molecular weight excluding hydrogens is 406 g/mol. The normalized spacial score (nSPS) is 11.3. The summed E-state index contributed by atoms with van der Waals surface area (Å²) in [6.07, 6.45) is 4.07. The Bertz CT molecular complexity index is 1260. The Hall–Kier alpha value is -3.37. The molecule has 5 heteroatoms. The second-order valence-electron chi connectivity index (χ2n) is 7.76. The number of benzene rings is 3. The van der Waals surface area contributed by atoms with Gasteiger partial charge in [-0.1, -0.05) is 65.7 Å². The number of aryl methyl sites for hydroxylation is 2. The third-order valence-corrected chi connectivity index (χ3v) is 5.58. The molecule has 4 aromatic rings. The number of hydrazone groups is 1. The molecule has 4 nitrogen and oxygen atoms in total. The lowest BCUT2D eigenvalue weighted by Crippen LogP contribution is -2.20. The van der Waals surface area contributed by atoms with Crippen molar-refractivity contribution in [1.82, 2.24) is 9.99 Å². The zero-order chi connectivity index (χ0) is 21.8. The zero-order valence-corrected chi connectivity index (χ0v) is 18.4. The van der Waals surface area contributed by atoms with Crippen molar-refractivity contribution in [3.05, 3.63) is 106 Å². The number of halogens is 1. The van der Waals surface area contributed by atoms with Crippen molar-refractivity contribution in [2.45, 2.75) is 26.8 Å². The number of nitrogens with one attached hydrogen (secondary N) is 1. The van der Waals surface area contributed by atoms with Crippen LogP contribution in [0.15, 0.2) is 78.0 Å². The number of rotatable bonds is 6. The highest BCUT2D eigenvalue weighted by Crippen LogP contribution is 2.22. The van der Waals surface area contributed by atoms with Gasteiger partial charge in [0.1, 0.15) is 0 Å². The summed E-state index contributed by atoms with van der Waals surface area (Å²) in [5.41, 5.74) is 9.20. The van der Waals surface area contributed by atoms with E-state index in [0.29, 0.717) is 6.42 Å². The summed E-state index contributed by atoms with van der Waals surface area (Å²) in [6.45, 7) is 4.80. The maximum absolute atomic E-state index is 12.3. The number of fused-ring (bicyclic) bond motifs is 1. The molecule has 0 bridgehead atoms. The van der Waals surface area contributed by atoms with E-state index in [4.69, 9.17) is 11.6 Å². The number of carbonyl (C=O) groups excluding carboxylic acids is 1. The number of hydrogen-bond acceptors (Lipinski definition) is 2. The van der Waals surface area contributed by atoms with Gasteiger partial charge in [-0.15, -0.1) is 0 Å². The van der Waals surface area contributed by atoms with Crippen LogP contribution in [0.5, 0.6) is 0 Å². The molecule has 0 atom stereocenters. The van der Waals surface area contributed by atoms with E-state index in [9.17, 15) is 4.79 Å². The second kappa shape index (κ2) is 9.19. The molecule has 0 aliphatic carbocycles. The molecule has 4 rings (SSSR count). The van der Waals surface area contributed by atoms with Crippen LogP contribution in [0.3, 0.4) is 0 Å². The summed E-state index contributed by atoms with van der Waals surface area (Å²) in [7, 11) is 0. The van der Waals surface area contributed by atoms with Crippen LogP contribution in [0.4, 0.5) is 0 Å². The number of hydrogen-bond donors (Lipinski definition) is 1. The van der Waals surface area contributed by atoms with Crippen LogP contribution in [-0.2, 0) is 17.8 Å². The highest BCUT2D eigenvalue weighted by atomic mass is 35.5. The van der Waals surface area contributed by atoms with Gasteiger partial charge in [-0.2, -0.15) is 5.10 Å². The van der Waals surface area contributed by atoms with Gasteiger partial charge in [0.2, 0.25) is 5.91 Å². The molecule has 1 aromatic heterocycles. The Labute approximate surface area is 187 Å². The minimum Gasteiger partial charge on any atom is -0.342 e. The van der Waals surface area contributed by atoms with Gasteiger partial charge in [-0.05, 0) is 48.7 Å². The summed E-state index contributed by atoms with van der Waals surface area (Å²) in [4.78, 5) is 12.3. The lowest BCUT2D eigenvalue weighted by Gasteiger charge is -2.05. The van der Waals surface area contributed by atoms with E-state index in [-0.39, 0.29) is 5.91 Å². The molecule has 1 N–H and O–H groups in total. The molecule has 0 aliphatic heterocycles. The summed E-state index contributed by atoms with van der Waals surface area (Å²) in [5.74, 6) is -0.131. The van der Waals surface area contributed by atoms with Crippen LogP contribution < -0.4 is 5.43 Å². The van der Waals surface area contributed by atoms with E-state index >= 15 is 0 Å². The first-order valence-corrected chi connectivity index (χ1v) is 10.6. The Morgan fingerprint density at radius 2 is 1.84 bits per heavy atom. The summed E-state index contributed by atoms with van der Waals surface area (Å²) in [5, 5.41) is 6.03.